The SMILES string of the molecule is CCOC(=O)[C@@]12C[C@H]1C=CCCCCC[C@H](NC(=O)OC(C)(C)C)C(=O)N1C[C@H](O[Si](C(C)C)(C(C)C)C(C)C)C[C@H]1C(=O)N2. The number of alkyl carbamates (subject to hydrolysis) is 1. The van der Waals surface area contributed by atoms with Crippen LogP contribution in [-0.2, 0) is 28.3 Å². The fourth-order valence-corrected chi connectivity index (χ4v) is 13.1. The maximum Gasteiger partial charge on any atom is 0.408 e. The molecule has 2 aliphatic heterocycles. The zero-order valence-corrected chi connectivity index (χ0v) is 30.4. The Balaban J connectivity index is 2.00. The fraction of sp³-hybridized carbons (Fsp3) is 0.824. The minimum absolute atomic E-state index is 0.160. The number of hydrogen-bond donors (Lipinski definition) is 2. The molecule has 2 fully saturated rings. The van der Waals surface area contributed by atoms with Gasteiger partial charge in [-0.1, -0.05) is 66.5 Å². The van der Waals surface area contributed by atoms with E-state index in [1.807, 2.05) is 6.08 Å². The second kappa shape index (κ2) is 15.0. The Morgan fingerprint density at radius 1 is 1.07 bits per heavy atom. The van der Waals surface area contributed by atoms with Crippen LogP contribution < -0.4 is 10.6 Å². The highest BCUT2D eigenvalue weighted by molar-refractivity contribution is 6.77. The third kappa shape index (κ3) is 8.70. The highest BCUT2D eigenvalue weighted by Gasteiger charge is 2.62. The molecule has 256 valence electrons. The van der Waals surface area contributed by atoms with Crippen molar-refractivity contribution in [2.75, 3.05) is 13.2 Å². The maximum atomic E-state index is 14.4. The number of hydrogen-bond acceptors (Lipinski definition) is 7. The summed E-state index contributed by atoms with van der Waals surface area (Å²) in [5.74, 6) is -1.33. The Labute approximate surface area is 271 Å². The van der Waals surface area contributed by atoms with E-state index >= 15 is 0 Å². The van der Waals surface area contributed by atoms with E-state index in [4.69, 9.17) is 13.9 Å². The van der Waals surface area contributed by atoms with E-state index < -0.39 is 49.5 Å². The molecule has 11 heteroatoms. The van der Waals surface area contributed by atoms with Crippen LogP contribution in [0.2, 0.25) is 16.6 Å². The molecule has 45 heavy (non-hydrogen) atoms. The summed E-state index contributed by atoms with van der Waals surface area (Å²) >= 11 is 0. The Hall–Kier alpha value is -2.40. The summed E-state index contributed by atoms with van der Waals surface area (Å²) in [5, 5.41) is 5.85. The second-order valence-corrected chi connectivity index (χ2v) is 20.5. The average Bonchev–Trinajstić information content (AvgIpc) is 3.45. The smallest absolute Gasteiger partial charge is 0.408 e. The molecule has 0 spiro atoms. The highest BCUT2D eigenvalue weighted by Crippen LogP contribution is 2.47. The Morgan fingerprint density at radius 3 is 2.29 bits per heavy atom. The van der Waals surface area contributed by atoms with Gasteiger partial charge in [0.1, 0.15) is 23.2 Å². The summed E-state index contributed by atoms with van der Waals surface area (Å²) in [6, 6.07) is -1.71. The first-order valence-electron chi connectivity index (χ1n) is 17.1. The van der Waals surface area contributed by atoms with Crippen molar-refractivity contribution in [1.29, 1.82) is 0 Å². The molecule has 2 heterocycles. The number of rotatable bonds is 8. The van der Waals surface area contributed by atoms with Gasteiger partial charge in [-0.2, -0.15) is 0 Å². The summed E-state index contributed by atoms with van der Waals surface area (Å²) < 4.78 is 18.0. The predicted octanol–water partition coefficient (Wildman–Crippen LogP) is 6.00. The number of nitrogens with one attached hydrogen (secondary N) is 2. The summed E-state index contributed by atoms with van der Waals surface area (Å²) in [6.07, 6.45) is 7.60. The number of amides is 3. The highest BCUT2D eigenvalue weighted by atomic mass is 28.4. The molecule has 1 aliphatic carbocycles. The summed E-state index contributed by atoms with van der Waals surface area (Å²) in [4.78, 5) is 56.2. The molecule has 0 aromatic rings. The first-order valence-corrected chi connectivity index (χ1v) is 19.3. The van der Waals surface area contributed by atoms with Crippen LogP contribution in [0.4, 0.5) is 4.79 Å². The lowest BCUT2D eigenvalue weighted by molar-refractivity contribution is -0.150. The summed E-state index contributed by atoms with van der Waals surface area (Å²) in [6.45, 7) is 20.8. The zero-order valence-electron chi connectivity index (χ0n) is 29.4. The summed E-state index contributed by atoms with van der Waals surface area (Å²) in [5.41, 5.74) is -0.888. The van der Waals surface area contributed by atoms with Crippen molar-refractivity contribution in [3.05, 3.63) is 12.2 Å². The lowest BCUT2D eigenvalue weighted by atomic mass is 10.0. The number of allylic oxidation sites excluding steroid dienone is 1. The molecule has 0 aromatic carbocycles. The van der Waals surface area contributed by atoms with Gasteiger partial charge in [0, 0.05) is 18.9 Å². The standard InChI is InChI=1S/C34H59N3O7Si/c1-11-42-31(40)34-20-25(34)17-15-13-12-14-16-18-27(35-32(41)43-33(8,9)10)30(39)37-21-26(19-28(37)29(38)36-34)44-45(22(2)3,23(4)5)24(6)7/h15,17,22-28H,11-14,16,18-21H2,1-10H3,(H,35,41)(H,36,38)/t25-,26-,27+,28+,34-/m1/s1. The van der Waals surface area contributed by atoms with Crippen molar-refractivity contribution in [2.24, 2.45) is 5.92 Å². The molecule has 0 unspecified atom stereocenters. The third-order valence-electron chi connectivity index (χ3n) is 9.65. The van der Waals surface area contributed by atoms with Crippen LogP contribution >= 0.6 is 0 Å². The topological polar surface area (TPSA) is 123 Å². The van der Waals surface area contributed by atoms with Crippen molar-refractivity contribution in [2.45, 2.75) is 160 Å². The molecule has 5 atom stereocenters. The first kappa shape index (κ1) is 37.1. The van der Waals surface area contributed by atoms with Crippen molar-refractivity contribution in [1.82, 2.24) is 15.5 Å². The predicted molar refractivity (Wildman–Crippen MR) is 177 cm³/mol. The van der Waals surface area contributed by atoms with Crippen LogP contribution in [0.3, 0.4) is 0 Å². The van der Waals surface area contributed by atoms with Gasteiger partial charge in [-0.05, 0) is 70.0 Å². The molecular weight excluding hydrogens is 590 g/mol. The van der Waals surface area contributed by atoms with Gasteiger partial charge in [0.25, 0.3) is 0 Å². The van der Waals surface area contributed by atoms with Gasteiger partial charge in [-0.15, -0.1) is 0 Å². The molecule has 0 radical (unpaired) electrons. The number of nitrogens with zero attached hydrogens (tertiary/aromatic N) is 1. The van der Waals surface area contributed by atoms with Crippen molar-refractivity contribution < 1.29 is 33.1 Å². The fourth-order valence-electron chi connectivity index (χ4n) is 7.54. The monoisotopic (exact) mass is 649 g/mol. The molecule has 3 amide bonds. The normalized spacial score (nSPS) is 28.2. The zero-order chi connectivity index (χ0) is 33.7. The van der Waals surface area contributed by atoms with Crippen LogP contribution in [0, 0.1) is 5.92 Å². The molecule has 0 aromatic heterocycles. The minimum atomic E-state index is -2.34. The van der Waals surface area contributed by atoms with Gasteiger partial charge >= 0.3 is 12.1 Å². The van der Waals surface area contributed by atoms with Crippen molar-refractivity contribution in [3.8, 4) is 0 Å². The Kier molecular flexibility index (Phi) is 12.4. The van der Waals surface area contributed by atoms with E-state index in [1.165, 1.54) is 0 Å². The van der Waals surface area contributed by atoms with Gasteiger partial charge in [0.15, 0.2) is 0 Å². The lowest BCUT2D eigenvalue weighted by Gasteiger charge is -2.44. The van der Waals surface area contributed by atoms with Gasteiger partial charge < -0.3 is 29.4 Å². The molecule has 3 aliphatic rings. The van der Waals surface area contributed by atoms with Gasteiger partial charge in [-0.3, -0.25) is 9.59 Å². The molecule has 1 saturated carbocycles. The number of ether oxygens (including phenoxy) is 2. The van der Waals surface area contributed by atoms with E-state index in [0.717, 1.165) is 25.7 Å². The molecular formula is C34H59N3O7Si. The quantitative estimate of drug-likeness (QED) is 0.188. The molecule has 3 rings (SSSR count). The van der Waals surface area contributed by atoms with E-state index in [0.29, 0.717) is 35.9 Å². The molecule has 1 saturated heterocycles. The number of fused-ring (bicyclic) bond motifs is 2. The molecule has 0 bridgehead atoms. The van der Waals surface area contributed by atoms with Gasteiger partial charge in [0.2, 0.25) is 20.1 Å². The van der Waals surface area contributed by atoms with Crippen LogP contribution in [0.1, 0.15) is 114 Å². The Bertz CT molecular complexity index is 1080. The van der Waals surface area contributed by atoms with Crippen LogP contribution in [0.15, 0.2) is 12.2 Å². The van der Waals surface area contributed by atoms with E-state index in [1.54, 1.807) is 32.6 Å². The largest absolute Gasteiger partial charge is 0.464 e. The number of carbonyl (C=O) groups is 4. The second-order valence-electron chi connectivity index (χ2n) is 15.1. The van der Waals surface area contributed by atoms with Crippen LogP contribution in [0.5, 0.6) is 0 Å². The van der Waals surface area contributed by atoms with Gasteiger partial charge in [0.05, 0.1) is 12.7 Å². The van der Waals surface area contributed by atoms with Crippen molar-refractivity contribution >= 4 is 32.2 Å². The van der Waals surface area contributed by atoms with E-state index in [2.05, 4.69) is 58.3 Å². The Morgan fingerprint density at radius 2 is 1.71 bits per heavy atom. The summed E-state index contributed by atoms with van der Waals surface area (Å²) in [7, 11) is -2.34. The van der Waals surface area contributed by atoms with Gasteiger partial charge in [-0.25, -0.2) is 9.59 Å². The van der Waals surface area contributed by atoms with E-state index in [-0.39, 0.29) is 31.1 Å². The first-order chi connectivity index (χ1) is 21.0. The average molecular weight is 650 g/mol. The van der Waals surface area contributed by atoms with Crippen molar-refractivity contribution in [3.63, 3.8) is 0 Å². The number of carbonyl (C=O) groups excluding carboxylic acids is 4. The molecule has 10 nitrogen and oxygen atoms in total. The lowest BCUT2D eigenvalue weighted by Crippen LogP contribution is -2.56. The number of esters is 1. The minimum Gasteiger partial charge on any atom is -0.464 e. The third-order valence-corrected chi connectivity index (χ3v) is 15.8. The maximum absolute atomic E-state index is 14.4. The molecule has 2 N–H and O–H groups in total. The van der Waals surface area contributed by atoms with Crippen LogP contribution in [-0.4, -0.2) is 79.6 Å². The van der Waals surface area contributed by atoms with E-state index in [9.17, 15) is 19.2 Å². The van der Waals surface area contributed by atoms with Crippen LogP contribution in [0.25, 0.3) is 0 Å².